The van der Waals surface area contributed by atoms with E-state index in [1.165, 1.54) is 5.56 Å². The van der Waals surface area contributed by atoms with Crippen molar-refractivity contribution in [1.82, 2.24) is 9.80 Å². The van der Waals surface area contributed by atoms with E-state index in [0.29, 0.717) is 0 Å². The zero-order valence-electron chi connectivity index (χ0n) is 14.9. The number of ether oxygens (including phenoxy) is 1. The van der Waals surface area contributed by atoms with Crippen molar-refractivity contribution in [3.63, 3.8) is 0 Å². The average molecular weight is 339 g/mol. The Balaban J connectivity index is 1.52. The summed E-state index contributed by atoms with van der Waals surface area (Å²) in [6.45, 7) is 6.04. The molecular weight excluding hydrogens is 314 g/mol. The molecule has 1 saturated heterocycles. The normalized spacial score (nSPS) is 15.0. The lowest BCUT2D eigenvalue weighted by Crippen LogP contribution is -2.49. The number of hydrogen-bond donors (Lipinski definition) is 1. The van der Waals surface area contributed by atoms with Gasteiger partial charge in [-0.1, -0.05) is 30.3 Å². The number of carbonyl (C=O) groups is 1. The van der Waals surface area contributed by atoms with Crippen LogP contribution in [0.3, 0.4) is 0 Å². The molecule has 5 heteroatoms. The number of piperazine rings is 1. The highest BCUT2D eigenvalue weighted by Gasteiger charge is 2.21. The van der Waals surface area contributed by atoms with Crippen LogP contribution in [0.2, 0.25) is 0 Å². The molecule has 1 fully saturated rings. The van der Waals surface area contributed by atoms with E-state index in [4.69, 9.17) is 4.74 Å². The maximum Gasteiger partial charge on any atom is 0.321 e. The second-order valence-corrected chi connectivity index (χ2v) is 6.37. The number of aryl methyl sites for hydroxylation is 1. The molecule has 5 nitrogen and oxygen atoms in total. The lowest BCUT2D eigenvalue weighted by molar-refractivity contribution is 0.142. The van der Waals surface area contributed by atoms with Gasteiger partial charge in [0.15, 0.2) is 0 Å². The number of nitrogens with zero attached hydrogens (tertiary/aromatic N) is 2. The number of para-hydroxylation sites is 1. The van der Waals surface area contributed by atoms with Gasteiger partial charge in [-0.25, -0.2) is 4.79 Å². The van der Waals surface area contributed by atoms with Crippen LogP contribution in [0.15, 0.2) is 48.5 Å². The fraction of sp³-hybridized carbons (Fsp3) is 0.350. The molecule has 0 atom stereocenters. The van der Waals surface area contributed by atoms with Crippen molar-refractivity contribution in [2.75, 3.05) is 38.6 Å². The molecule has 2 aromatic carbocycles. The van der Waals surface area contributed by atoms with Crippen LogP contribution < -0.4 is 10.1 Å². The van der Waals surface area contributed by atoms with E-state index in [-0.39, 0.29) is 6.03 Å². The molecule has 0 aliphatic carbocycles. The summed E-state index contributed by atoms with van der Waals surface area (Å²) < 4.78 is 5.42. The summed E-state index contributed by atoms with van der Waals surface area (Å²) >= 11 is 0. The Labute approximate surface area is 149 Å². The van der Waals surface area contributed by atoms with E-state index in [1.54, 1.807) is 7.11 Å². The van der Waals surface area contributed by atoms with Gasteiger partial charge in [-0.15, -0.1) is 0 Å². The van der Waals surface area contributed by atoms with Crippen LogP contribution in [0.25, 0.3) is 0 Å². The molecule has 0 spiro atoms. The predicted octanol–water partition coefficient (Wildman–Crippen LogP) is 3.35. The minimum absolute atomic E-state index is 0.0254. The standard InChI is InChI=1S/C20H25N3O2/c1-16-6-5-8-18(14-16)21-20(24)23-12-10-22(11-13-23)15-17-7-3-4-9-19(17)25-2/h3-9,14H,10-13,15H2,1-2H3,(H,21,24). The third-order valence-corrected chi connectivity index (χ3v) is 4.52. The number of amides is 2. The maximum absolute atomic E-state index is 12.4. The molecular formula is C20H25N3O2. The highest BCUT2D eigenvalue weighted by Crippen LogP contribution is 2.20. The third kappa shape index (κ3) is 4.51. The molecule has 3 rings (SSSR count). The number of urea groups is 1. The Kier molecular flexibility index (Phi) is 5.56. The fourth-order valence-corrected chi connectivity index (χ4v) is 3.11. The van der Waals surface area contributed by atoms with Crippen molar-refractivity contribution in [3.8, 4) is 5.75 Å². The molecule has 0 aromatic heterocycles. The SMILES string of the molecule is COc1ccccc1CN1CCN(C(=O)Nc2cccc(C)c2)CC1. The number of benzene rings is 2. The second-order valence-electron chi connectivity index (χ2n) is 6.37. The van der Waals surface area contributed by atoms with Crippen LogP contribution in [-0.2, 0) is 6.54 Å². The molecule has 0 saturated carbocycles. The number of anilines is 1. The molecule has 1 N–H and O–H groups in total. The Hall–Kier alpha value is -2.53. The van der Waals surface area contributed by atoms with Gasteiger partial charge < -0.3 is 15.0 Å². The molecule has 0 bridgehead atoms. The van der Waals surface area contributed by atoms with E-state index in [1.807, 2.05) is 54.3 Å². The molecule has 0 radical (unpaired) electrons. The summed E-state index contributed by atoms with van der Waals surface area (Å²) in [6, 6.07) is 15.9. The van der Waals surface area contributed by atoms with Crippen LogP contribution in [0.1, 0.15) is 11.1 Å². The monoisotopic (exact) mass is 339 g/mol. The van der Waals surface area contributed by atoms with Gasteiger partial charge in [0, 0.05) is 44.0 Å². The smallest absolute Gasteiger partial charge is 0.321 e. The highest BCUT2D eigenvalue weighted by molar-refractivity contribution is 5.89. The maximum atomic E-state index is 12.4. The zero-order valence-corrected chi connectivity index (χ0v) is 14.9. The minimum Gasteiger partial charge on any atom is -0.496 e. The lowest BCUT2D eigenvalue weighted by Gasteiger charge is -2.34. The van der Waals surface area contributed by atoms with E-state index in [0.717, 1.165) is 49.7 Å². The zero-order chi connectivity index (χ0) is 17.6. The topological polar surface area (TPSA) is 44.8 Å². The number of carbonyl (C=O) groups excluding carboxylic acids is 1. The van der Waals surface area contributed by atoms with E-state index < -0.39 is 0 Å². The van der Waals surface area contributed by atoms with Crippen molar-refractivity contribution >= 4 is 11.7 Å². The Bertz CT molecular complexity index is 724. The van der Waals surface area contributed by atoms with E-state index in [2.05, 4.69) is 16.3 Å². The first-order chi connectivity index (χ1) is 12.2. The van der Waals surface area contributed by atoms with Crippen LogP contribution in [-0.4, -0.2) is 49.1 Å². The average Bonchev–Trinajstić information content (AvgIpc) is 2.63. The molecule has 132 valence electrons. The summed E-state index contributed by atoms with van der Waals surface area (Å²) in [6.07, 6.45) is 0. The summed E-state index contributed by atoms with van der Waals surface area (Å²) in [5.41, 5.74) is 3.17. The highest BCUT2D eigenvalue weighted by atomic mass is 16.5. The molecule has 0 unspecified atom stereocenters. The van der Waals surface area contributed by atoms with E-state index >= 15 is 0 Å². The molecule has 1 aliphatic rings. The van der Waals surface area contributed by atoms with Crippen molar-refractivity contribution in [2.45, 2.75) is 13.5 Å². The quantitative estimate of drug-likeness (QED) is 0.929. The minimum atomic E-state index is -0.0254. The van der Waals surface area contributed by atoms with Crippen molar-refractivity contribution < 1.29 is 9.53 Å². The molecule has 2 amide bonds. The number of methoxy groups -OCH3 is 1. The molecule has 1 heterocycles. The van der Waals surface area contributed by atoms with E-state index in [9.17, 15) is 4.79 Å². The van der Waals surface area contributed by atoms with Gasteiger partial charge in [0.2, 0.25) is 0 Å². The molecule has 2 aromatic rings. The summed E-state index contributed by atoms with van der Waals surface area (Å²) in [5, 5.41) is 2.98. The van der Waals surface area contributed by atoms with Gasteiger partial charge in [0.25, 0.3) is 0 Å². The first kappa shape index (κ1) is 17.3. The van der Waals surface area contributed by atoms with Crippen LogP contribution in [0, 0.1) is 6.92 Å². The first-order valence-corrected chi connectivity index (χ1v) is 8.62. The van der Waals surface area contributed by atoms with Crippen LogP contribution >= 0.6 is 0 Å². The lowest BCUT2D eigenvalue weighted by atomic mass is 10.1. The Morgan fingerprint density at radius 1 is 1.08 bits per heavy atom. The predicted molar refractivity (Wildman–Crippen MR) is 100 cm³/mol. The number of nitrogens with one attached hydrogen (secondary N) is 1. The van der Waals surface area contributed by atoms with Gasteiger partial charge in [0.1, 0.15) is 5.75 Å². The van der Waals surface area contributed by atoms with Crippen LogP contribution in [0.5, 0.6) is 5.75 Å². The van der Waals surface area contributed by atoms with Gasteiger partial charge >= 0.3 is 6.03 Å². The van der Waals surface area contributed by atoms with Gasteiger partial charge in [-0.2, -0.15) is 0 Å². The third-order valence-electron chi connectivity index (χ3n) is 4.52. The van der Waals surface area contributed by atoms with Crippen molar-refractivity contribution in [3.05, 3.63) is 59.7 Å². The van der Waals surface area contributed by atoms with Crippen molar-refractivity contribution in [1.29, 1.82) is 0 Å². The molecule has 25 heavy (non-hydrogen) atoms. The Morgan fingerprint density at radius 2 is 1.84 bits per heavy atom. The summed E-state index contributed by atoms with van der Waals surface area (Å²) in [4.78, 5) is 16.7. The van der Waals surface area contributed by atoms with Crippen LogP contribution in [0.4, 0.5) is 10.5 Å². The number of rotatable bonds is 4. The Morgan fingerprint density at radius 3 is 2.56 bits per heavy atom. The summed E-state index contributed by atoms with van der Waals surface area (Å²) in [5.74, 6) is 0.919. The molecule has 1 aliphatic heterocycles. The van der Waals surface area contributed by atoms with Gasteiger partial charge in [0.05, 0.1) is 7.11 Å². The fourth-order valence-electron chi connectivity index (χ4n) is 3.11. The van der Waals surface area contributed by atoms with Gasteiger partial charge in [-0.3, -0.25) is 4.90 Å². The first-order valence-electron chi connectivity index (χ1n) is 8.62. The second kappa shape index (κ2) is 8.03. The largest absolute Gasteiger partial charge is 0.496 e. The van der Waals surface area contributed by atoms with Crippen molar-refractivity contribution in [2.24, 2.45) is 0 Å². The summed E-state index contributed by atoms with van der Waals surface area (Å²) in [7, 11) is 1.70. The number of hydrogen-bond acceptors (Lipinski definition) is 3. The van der Waals surface area contributed by atoms with Gasteiger partial charge in [-0.05, 0) is 30.7 Å².